The molecule has 1 N–H and O–H groups in total. The molecule has 0 saturated carbocycles. The van der Waals surface area contributed by atoms with Gasteiger partial charge in [0.2, 0.25) is 0 Å². The van der Waals surface area contributed by atoms with E-state index in [9.17, 15) is 9.59 Å². The van der Waals surface area contributed by atoms with Gasteiger partial charge >= 0.3 is 5.97 Å². The standard InChI is InChI=1S/C18H16BrNO3/c19-15-8-4-3-7-14(15)18(22)23-11-17(21)20-16-10-9-12-5-1-2-6-13(12)16/h1-8,16H,9-11H2,(H,20,21)/t16-/m0/s1. The van der Waals surface area contributed by atoms with Gasteiger partial charge in [-0.25, -0.2) is 4.79 Å². The highest BCUT2D eigenvalue weighted by molar-refractivity contribution is 9.10. The number of hydrogen-bond donors (Lipinski definition) is 1. The smallest absolute Gasteiger partial charge is 0.339 e. The summed E-state index contributed by atoms with van der Waals surface area (Å²) in [6.07, 6.45) is 1.83. The van der Waals surface area contributed by atoms with Crippen LogP contribution in [0.25, 0.3) is 0 Å². The maximum atomic E-state index is 12.0. The summed E-state index contributed by atoms with van der Waals surface area (Å²) < 4.78 is 5.74. The summed E-state index contributed by atoms with van der Waals surface area (Å²) in [4.78, 5) is 24.0. The third-order valence-electron chi connectivity index (χ3n) is 3.90. The molecule has 0 radical (unpaired) electrons. The Balaban J connectivity index is 1.55. The molecular weight excluding hydrogens is 358 g/mol. The largest absolute Gasteiger partial charge is 0.452 e. The van der Waals surface area contributed by atoms with Gasteiger partial charge in [0.25, 0.3) is 5.91 Å². The molecule has 0 heterocycles. The van der Waals surface area contributed by atoms with Gasteiger partial charge in [0, 0.05) is 4.47 Å². The topological polar surface area (TPSA) is 55.4 Å². The third kappa shape index (κ3) is 3.62. The van der Waals surface area contributed by atoms with Crippen molar-refractivity contribution in [1.29, 1.82) is 0 Å². The number of benzene rings is 2. The molecule has 3 rings (SSSR count). The molecule has 1 aliphatic rings. The molecule has 2 aromatic carbocycles. The van der Waals surface area contributed by atoms with Crippen molar-refractivity contribution in [2.24, 2.45) is 0 Å². The number of hydrogen-bond acceptors (Lipinski definition) is 3. The average Bonchev–Trinajstić information content (AvgIpc) is 2.96. The van der Waals surface area contributed by atoms with E-state index in [1.165, 1.54) is 5.56 Å². The maximum Gasteiger partial charge on any atom is 0.339 e. The zero-order valence-electron chi connectivity index (χ0n) is 12.4. The lowest BCUT2D eigenvalue weighted by Gasteiger charge is -2.14. The van der Waals surface area contributed by atoms with Crippen molar-refractivity contribution in [1.82, 2.24) is 5.32 Å². The summed E-state index contributed by atoms with van der Waals surface area (Å²) in [5.74, 6) is -0.799. The third-order valence-corrected chi connectivity index (χ3v) is 4.59. The van der Waals surface area contributed by atoms with E-state index in [1.807, 2.05) is 24.3 Å². The second-order valence-electron chi connectivity index (χ2n) is 5.41. The predicted molar refractivity (Wildman–Crippen MR) is 90.1 cm³/mol. The molecule has 118 valence electrons. The van der Waals surface area contributed by atoms with Gasteiger partial charge in [-0.05, 0) is 52.0 Å². The van der Waals surface area contributed by atoms with Gasteiger partial charge < -0.3 is 10.1 Å². The van der Waals surface area contributed by atoms with Gasteiger partial charge in [-0.1, -0.05) is 36.4 Å². The van der Waals surface area contributed by atoms with Crippen LogP contribution in [-0.2, 0) is 16.0 Å². The van der Waals surface area contributed by atoms with Crippen LogP contribution in [0.4, 0.5) is 0 Å². The van der Waals surface area contributed by atoms with Crippen LogP contribution in [0.3, 0.4) is 0 Å². The second kappa shape index (κ2) is 6.96. The molecule has 0 aromatic heterocycles. The molecule has 0 bridgehead atoms. The lowest BCUT2D eigenvalue weighted by Crippen LogP contribution is -2.31. The normalized spacial score (nSPS) is 15.8. The monoisotopic (exact) mass is 373 g/mol. The molecule has 23 heavy (non-hydrogen) atoms. The zero-order valence-corrected chi connectivity index (χ0v) is 14.0. The van der Waals surface area contributed by atoms with Gasteiger partial charge in [0.05, 0.1) is 11.6 Å². The lowest BCUT2D eigenvalue weighted by molar-refractivity contribution is -0.125. The minimum atomic E-state index is -0.514. The highest BCUT2D eigenvalue weighted by Gasteiger charge is 2.23. The van der Waals surface area contributed by atoms with Crippen molar-refractivity contribution in [2.45, 2.75) is 18.9 Å². The summed E-state index contributed by atoms with van der Waals surface area (Å²) >= 11 is 3.29. The summed E-state index contributed by atoms with van der Waals surface area (Å²) in [6.45, 7) is -0.279. The van der Waals surface area contributed by atoms with Gasteiger partial charge in [-0.15, -0.1) is 0 Å². The minimum absolute atomic E-state index is 0.000799. The van der Waals surface area contributed by atoms with Crippen LogP contribution in [0.2, 0.25) is 0 Å². The molecule has 1 amide bonds. The Kier molecular flexibility index (Phi) is 4.76. The number of aryl methyl sites for hydroxylation is 1. The summed E-state index contributed by atoms with van der Waals surface area (Å²) in [7, 11) is 0. The predicted octanol–water partition coefficient (Wildman–Crippen LogP) is 3.41. The first kappa shape index (κ1) is 15.7. The fourth-order valence-corrected chi connectivity index (χ4v) is 3.23. The van der Waals surface area contributed by atoms with Crippen LogP contribution in [0.15, 0.2) is 53.0 Å². The summed E-state index contributed by atoms with van der Waals surface area (Å²) in [5, 5.41) is 2.93. The number of fused-ring (bicyclic) bond motifs is 1. The molecule has 4 nitrogen and oxygen atoms in total. The van der Waals surface area contributed by atoms with E-state index >= 15 is 0 Å². The minimum Gasteiger partial charge on any atom is -0.452 e. The van der Waals surface area contributed by atoms with E-state index in [2.05, 4.69) is 27.3 Å². The molecule has 0 saturated heterocycles. The van der Waals surface area contributed by atoms with E-state index in [4.69, 9.17) is 4.74 Å². The fourth-order valence-electron chi connectivity index (χ4n) is 2.78. The molecule has 0 spiro atoms. The van der Waals surface area contributed by atoms with E-state index < -0.39 is 5.97 Å². The van der Waals surface area contributed by atoms with Crippen molar-refractivity contribution in [3.8, 4) is 0 Å². The zero-order chi connectivity index (χ0) is 16.2. The molecular formula is C18H16BrNO3. The number of carbonyl (C=O) groups excluding carboxylic acids is 2. The van der Waals surface area contributed by atoms with Crippen LogP contribution in [0.1, 0.15) is 33.9 Å². The van der Waals surface area contributed by atoms with Crippen LogP contribution in [-0.4, -0.2) is 18.5 Å². The lowest BCUT2D eigenvalue weighted by atomic mass is 10.1. The first-order chi connectivity index (χ1) is 11.1. The number of esters is 1. The van der Waals surface area contributed by atoms with E-state index in [0.29, 0.717) is 10.0 Å². The van der Waals surface area contributed by atoms with E-state index in [1.54, 1.807) is 18.2 Å². The quantitative estimate of drug-likeness (QED) is 0.835. The fraction of sp³-hybridized carbons (Fsp3) is 0.222. The van der Waals surface area contributed by atoms with Crippen molar-refractivity contribution in [3.05, 3.63) is 69.7 Å². The van der Waals surface area contributed by atoms with Gasteiger partial charge in [-0.2, -0.15) is 0 Å². The van der Waals surface area contributed by atoms with E-state index in [0.717, 1.165) is 18.4 Å². The molecule has 0 unspecified atom stereocenters. The van der Waals surface area contributed by atoms with Crippen molar-refractivity contribution < 1.29 is 14.3 Å². The Hall–Kier alpha value is -2.14. The highest BCUT2D eigenvalue weighted by atomic mass is 79.9. The maximum absolute atomic E-state index is 12.0. The number of rotatable bonds is 4. The Labute approximate surface area is 143 Å². The SMILES string of the molecule is O=C(COC(=O)c1ccccc1Br)N[C@H]1CCc2ccccc21. The highest BCUT2D eigenvalue weighted by Crippen LogP contribution is 2.30. The molecule has 2 aromatic rings. The molecule has 0 fully saturated rings. The number of nitrogens with one attached hydrogen (secondary N) is 1. The molecule has 1 atom stereocenters. The Morgan fingerprint density at radius 3 is 2.70 bits per heavy atom. The van der Waals surface area contributed by atoms with Crippen LogP contribution >= 0.6 is 15.9 Å². The van der Waals surface area contributed by atoms with Crippen LogP contribution < -0.4 is 5.32 Å². The molecule has 5 heteroatoms. The second-order valence-corrected chi connectivity index (χ2v) is 6.27. The van der Waals surface area contributed by atoms with Crippen LogP contribution in [0.5, 0.6) is 0 Å². The van der Waals surface area contributed by atoms with Crippen LogP contribution in [0, 0.1) is 0 Å². The Morgan fingerprint density at radius 1 is 1.13 bits per heavy atom. The van der Waals surface area contributed by atoms with Gasteiger partial charge in [0.1, 0.15) is 0 Å². The first-order valence-electron chi connectivity index (χ1n) is 7.44. The summed E-state index contributed by atoms with van der Waals surface area (Å²) in [5.41, 5.74) is 2.83. The molecule has 0 aliphatic heterocycles. The number of amides is 1. The van der Waals surface area contributed by atoms with Gasteiger partial charge in [-0.3, -0.25) is 4.79 Å². The Bertz CT molecular complexity index is 745. The number of ether oxygens (including phenoxy) is 1. The summed E-state index contributed by atoms with van der Waals surface area (Å²) in [6, 6.07) is 15.0. The van der Waals surface area contributed by atoms with Crippen molar-refractivity contribution in [3.63, 3.8) is 0 Å². The van der Waals surface area contributed by atoms with Gasteiger partial charge in [0.15, 0.2) is 6.61 Å². The first-order valence-corrected chi connectivity index (χ1v) is 8.23. The van der Waals surface area contributed by atoms with E-state index in [-0.39, 0.29) is 18.6 Å². The Morgan fingerprint density at radius 2 is 1.87 bits per heavy atom. The van der Waals surface area contributed by atoms with Crippen molar-refractivity contribution in [2.75, 3.05) is 6.61 Å². The van der Waals surface area contributed by atoms with Crippen molar-refractivity contribution >= 4 is 27.8 Å². The molecule has 1 aliphatic carbocycles. The number of halogens is 1. The number of carbonyl (C=O) groups is 2. The average molecular weight is 374 g/mol.